The number of fused-ring (bicyclic) bond motifs is 2. The zero-order valence-corrected chi connectivity index (χ0v) is 25.5. The quantitative estimate of drug-likeness (QED) is 0.112. The minimum Gasteiger partial charge on any atom is -0.481 e. The second kappa shape index (κ2) is 14.6. The van der Waals surface area contributed by atoms with Crippen LogP contribution in [0, 0.1) is 0 Å². The number of anilines is 1. The van der Waals surface area contributed by atoms with Gasteiger partial charge in [0.2, 0.25) is 0 Å². The molecule has 194 valence electrons. The van der Waals surface area contributed by atoms with Gasteiger partial charge in [0.25, 0.3) is 0 Å². The van der Waals surface area contributed by atoms with Crippen molar-refractivity contribution in [3.8, 4) is 0 Å². The monoisotopic (exact) mass is 557 g/mol. The first-order chi connectivity index (χ1) is 16.8. The first kappa shape index (κ1) is 32.5. The summed E-state index contributed by atoms with van der Waals surface area (Å²) in [5.74, 6) is 0.454. The number of carboxylic acids is 1. The topological polar surface area (TPSA) is 218 Å². The molecule has 3 aliphatic heterocycles. The minimum atomic E-state index is -1.19. The SMILES string of the molecule is Nc1ncnc2c1ncn2[C@@H]1O[C@H](CO)[C@@H](O)[C@H]1O.O=C(O)CCCC[C@@H]1SC[C@@H]2NC(=O)N[C@@H]21.[Na].[Na]. The van der Waals surface area contributed by atoms with Gasteiger partial charge in [-0.1, -0.05) is 6.42 Å². The number of hydrogen-bond donors (Lipinski definition) is 7. The Bertz CT molecular complexity index is 1070. The van der Waals surface area contributed by atoms with Crippen LogP contribution in [0.1, 0.15) is 31.9 Å². The molecule has 0 saturated carbocycles. The molecule has 2 aromatic rings. The van der Waals surface area contributed by atoms with Crippen molar-refractivity contribution in [2.24, 2.45) is 0 Å². The number of carbonyl (C=O) groups excluding carboxylic acids is 1. The van der Waals surface area contributed by atoms with Gasteiger partial charge in [0.15, 0.2) is 17.7 Å². The van der Waals surface area contributed by atoms with E-state index >= 15 is 0 Å². The van der Waals surface area contributed by atoms with Gasteiger partial charge in [-0.2, -0.15) is 11.8 Å². The van der Waals surface area contributed by atoms with Crippen molar-refractivity contribution in [2.75, 3.05) is 18.1 Å². The number of rotatable bonds is 7. The number of aromatic nitrogens is 4. The molecule has 0 unspecified atom stereocenters. The fraction of sp³-hybridized carbons (Fsp3) is 0.650. The summed E-state index contributed by atoms with van der Waals surface area (Å²) in [7, 11) is 0. The second-order valence-corrected chi connectivity index (χ2v) is 9.85. The van der Waals surface area contributed by atoms with Crippen LogP contribution in [0.2, 0.25) is 0 Å². The number of nitrogens with zero attached hydrogens (tertiary/aromatic N) is 4. The Morgan fingerprint density at radius 2 is 1.95 bits per heavy atom. The van der Waals surface area contributed by atoms with Crippen molar-refractivity contribution >= 4 is 99.9 Å². The van der Waals surface area contributed by atoms with Crippen LogP contribution in [-0.4, -0.2) is 159 Å². The van der Waals surface area contributed by atoms with Gasteiger partial charge in [-0.15, -0.1) is 0 Å². The van der Waals surface area contributed by atoms with E-state index in [0.29, 0.717) is 16.4 Å². The number of unbranched alkanes of at least 4 members (excludes halogenated alkanes) is 1. The van der Waals surface area contributed by atoms with E-state index in [4.69, 9.17) is 20.7 Å². The molecule has 3 saturated heterocycles. The van der Waals surface area contributed by atoms with Crippen LogP contribution >= 0.6 is 11.8 Å². The molecule has 2 amide bonds. The number of aliphatic carboxylic acids is 1. The summed E-state index contributed by atoms with van der Waals surface area (Å²) in [6.45, 7) is -0.390. The summed E-state index contributed by atoms with van der Waals surface area (Å²) in [5, 5.41) is 43.5. The van der Waals surface area contributed by atoms with Crippen LogP contribution in [0.5, 0.6) is 0 Å². The third-order valence-electron chi connectivity index (χ3n) is 6.25. The van der Waals surface area contributed by atoms with E-state index in [1.165, 1.54) is 17.2 Å². The molecular weight excluding hydrogens is 528 g/mol. The molecule has 17 heteroatoms. The number of nitrogen functional groups attached to an aromatic ring is 1. The van der Waals surface area contributed by atoms with Crippen LogP contribution in [-0.2, 0) is 9.53 Å². The molecule has 3 aliphatic rings. The van der Waals surface area contributed by atoms with E-state index in [0.717, 1.165) is 25.0 Å². The van der Waals surface area contributed by atoms with Crippen molar-refractivity contribution in [2.45, 2.75) is 67.6 Å². The number of nitrogens with two attached hydrogens (primary N) is 1. The van der Waals surface area contributed by atoms with Crippen molar-refractivity contribution in [3.63, 3.8) is 0 Å². The Labute approximate surface area is 261 Å². The van der Waals surface area contributed by atoms with Crippen molar-refractivity contribution in [3.05, 3.63) is 12.7 Å². The Morgan fingerprint density at radius 1 is 1.19 bits per heavy atom. The van der Waals surface area contributed by atoms with Gasteiger partial charge in [0, 0.05) is 76.5 Å². The van der Waals surface area contributed by atoms with Crippen molar-refractivity contribution in [1.82, 2.24) is 30.2 Å². The molecule has 5 rings (SSSR count). The molecule has 37 heavy (non-hydrogen) atoms. The molecule has 2 radical (unpaired) electrons. The van der Waals surface area contributed by atoms with E-state index < -0.39 is 37.1 Å². The van der Waals surface area contributed by atoms with Gasteiger partial charge < -0.3 is 41.5 Å². The van der Waals surface area contributed by atoms with Gasteiger partial charge in [0.1, 0.15) is 30.2 Å². The number of nitrogens with one attached hydrogen (secondary N) is 2. The van der Waals surface area contributed by atoms with Gasteiger partial charge in [-0.3, -0.25) is 9.36 Å². The van der Waals surface area contributed by atoms with Crippen molar-refractivity contribution < 1.29 is 34.8 Å². The fourth-order valence-corrected chi connectivity index (χ4v) is 5.97. The van der Waals surface area contributed by atoms with Crippen molar-refractivity contribution in [1.29, 1.82) is 0 Å². The number of carbonyl (C=O) groups is 2. The van der Waals surface area contributed by atoms with E-state index in [-0.39, 0.29) is 89.5 Å². The standard InChI is InChI=1S/C10H13N5O4.C10H16N2O3S.2Na/c11-8-5-9(13-2-12-8)15(3-14-5)10-7(18)6(17)4(1-16)19-10;13-8(14)4-2-1-3-7-9-6(5-16-7)11-10(15)12-9;;/h2-4,6-7,10,16-18H,1H2,(H2,11,12,13);6-7,9H,1-5H2,(H,13,14)(H2,11,12,15);;/t4-,6-,7-,10-;6-,7-,9-;;/m10../s1. The number of urea groups is 1. The normalized spacial score (nSPS) is 29.8. The Morgan fingerprint density at radius 3 is 2.62 bits per heavy atom. The van der Waals surface area contributed by atoms with E-state index in [1.54, 1.807) is 0 Å². The molecule has 14 nitrogen and oxygen atoms in total. The number of ether oxygens (including phenoxy) is 1. The first-order valence-electron chi connectivity index (χ1n) is 11.3. The Hall–Kier alpha value is -0.720. The van der Waals surface area contributed by atoms with Crippen LogP contribution in [0.15, 0.2) is 12.7 Å². The number of thioether (sulfide) groups is 1. The molecule has 7 atom stereocenters. The smallest absolute Gasteiger partial charge is 0.315 e. The molecule has 2 aromatic heterocycles. The van der Waals surface area contributed by atoms with E-state index in [9.17, 15) is 19.8 Å². The number of aliphatic hydroxyl groups excluding tert-OH is 3. The summed E-state index contributed by atoms with van der Waals surface area (Å²) in [6, 6.07) is 0.440. The summed E-state index contributed by atoms with van der Waals surface area (Å²) >= 11 is 1.87. The molecule has 8 N–H and O–H groups in total. The van der Waals surface area contributed by atoms with E-state index in [2.05, 4.69) is 25.6 Å². The van der Waals surface area contributed by atoms with Gasteiger partial charge >= 0.3 is 12.0 Å². The third-order valence-corrected chi connectivity index (χ3v) is 7.75. The third kappa shape index (κ3) is 7.48. The van der Waals surface area contributed by atoms with Gasteiger partial charge in [-0.05, 0) is 12.8 Å². The first-order valence-corrected chi connectivity index (χ1v) is 12.3. The molecule has 0 spiro atoms. The maximum absolute atomic E-state index is 11.1. The van der Waals surface area contributed by atoms with Crippen LogP contribution in [0.25, 0.3) is 11.2 Å². The van der Waals surface area contributed by atoms with E-state index in [1.807, 2.05) is 11.8 Å². The fourth-order valence-electron chi connectivity index (χ4n) is 4.43. The number of imidazole rings is 1. The van der Waals surface area contributed by atoms with Crippen LogP contribution in [0.3, 0.4) is 0 Å². The Balaban J connectivity index is 0.000000250. The average molecular weight is 558 g/mol. The van der Waals surface area contributed by atoms with Crippen LogP contribution in [0.4, 0.5) is 10.6 Å². The molecule has 0 bridgehead atoms. The second-order valence-electron chi connectivity index (χ2n) is 8.57. The number of aliphatic hydroxyl groups is 3. The minimum absolute atomic E-state index is 0. The maximum atomic E-state index is 11.1. The molecule has 0 aromatic carbocycles. The Kier molecular flexibility index (Phi) is 12.8. The predicted molar refractivity (Wildman–Crippen MR) is 136 cm³/mol. The molecule has 0 aliphatic carbocycles. The molecule has 3 fully saturated rings. The predicted octanol–water partition coefficient (Wildman–Crippen LogP) is -1.94. The maximum Gasteiger partial charge on any atom is 0.315 e. The van der Waals surface area contributed by atoms with Crippen LogP contribution < -0.4 is 16.4 Å². The average Bonchev–Trinajstić information content (AvgIpc) is 3.57. The number of carboxylic acid groups (broad SMARTS) is 1. The molecular formula is C20H29N7Na2O7S. The summed E-state index contributed by atoms with van der Waals surface area (Å²) in [5.41, 5.74) is 6.44. The summed E-state index contributed by atoms with van der Waals surface area (Å²) in [4.78, 5) is 33.4. The number of hydrogen-bond acceptors (Lipinski definition) is 11. The molecule has 5 heterocycles. The van der Waals surface area contributed by atoms with Gasteiger partial charge in [-0.25, -0.2) is 19.7 Å². The number of amides is 2. The van der Waals surface area contributed by atoms with Gasteiger partial charge in [0.05, 0.1) is 25.0 Å². The largest absolute Gasteiger partial charge is 0.481 e. The zero-order valence-electron chi connectivity index (χ0n) is 20.7. The summed E-state index contributed by atoms with van der Waals surface area (Å²) in [6.07, 6.45) is 1.46. The summed E-state index contributed by atoms with van der Waals surface area (Å²) < 4.78 is 6.85. The zero-order chi connectivity index (χ0) is 25.1.